The fourth-order valence-corrected chi connectivity index (χ4v) is 1.22. The lowest BCUT2D eigenvalue weighted by molar-refractivity contribution is 0.103. The van der Waals surface area contributed by atoms with Crippen molar-refractivity contribution in [1.82, 2.24) is 14.9 Å². The van der Waals surface area contributed by atoms with Gasteiger partial charge in [0.15, 0.2) is 0 Å². The van der Waals surface area contributed by atoms with Crippen LogP contribution < -0.4 is 5.32 Å². The summed E-state index contributed by atoms with van der Waals surface area (Å²) in [4.78, 5) is 4.29. The number of imidazole rings is 1. The first-order chi connectivity index (χ1) is 6.76. The normalized spacial score (nSPS) is 13.1. The van der Waals surface area contributed by atoms with Gasteiger partial charge in [-0.1, -0.05) is 6.92 Å². The van der Waals surface area contributed by atoms with E-state index < -0.39 is 0 Å². The van der Waals surface area contributed by atoms with E-state index in [1.165, 1.54) is 0 Å². The highest BCUT2D eigenvalue weighted by atomic mass is 16.5. The molecule has 1 N–H and O–H groups in total. The van der Waals surface area contributed by atoms with Gasteiger partial charge in [0, 0.05) is 26.4 Å². The van der Waals surface area contributed by atoms with E-state index in [0.717, 1.165) is 25.3 Å². The zero-order valence-corrected chi connectivity index (χ0v) is 9.16. The fourth-order valence-electron chi connectivity index (χ4n) is 1.22. The van der Waals surface area contributed by atoms with Crippen molar-refractivity contribution in [3.63, 3.8) is 0 Å². The first-order valence-electron chi connectivity index (χ1n) is 5.00. The summed E-state index contributed by atoms with van der Waals surface area (Å²) >= 11 is 0. The Balaban J connectivity index is 2.42. The summed E-state index contributed by atoms with van der Waals surface area (Å²) in [6.45, 7) is 6.80. The lowest BCUT2D eigenvalue weighted by atomic mass is 10.4. The Kier molecular flexibility index (Phi) is 4.62. The summed E-state index contributed by atoms with van der Waals surface area (Å²) in [5, 5.41) is 3.24. The minimum absolute atomic E-state index is 0.233. The van der Waals surface area contributed by atoms with Crippen LogP contribution in [0.25, 0.3) is 0 Å². The molecule has 1 atom stereocenters. The van der Waals surface area contributed by atoms with Crippen molar-refractivity contribution in [3.8, 4) is 0 Å². The molecule has 0 radical (unpaired) electrons. The van der Waals surface area contributed by atoms with Crippen molar-refractivity contribution in [3.05, 3.63) is 18.2 Å². The number of hydrogen-bond acceptors (Lipinski definition) is 3. The molecule has 0 amide bonds. The van der Waals surface area contributed by atoms with E-state index >= 15 is 0 Å². The standard InChI is InChI=1S/C10H19N3O/c1-4-11-5-10-7-13(8-12-10)6-9(2)14-3/h7-9,11H,4-6H2,1-3H3. The highest BCUT2D eigenvalue weighted by Crippen LogP contribution is 1.99. The number of ether oxygens (including phenoxy) is 1. The van der Waals surface area contributed by atoms with Crippen LogP contribution in [0.2, 0.25) is 0 Å². The van der Waals surface area contributed by atoms with Gasteiger partial charge in [-0.2, -0.15) is 0 Å². The quantitative estimate of drug-likeness (QED) is 0.740. The number of nitrogens with zero attached hydrogens (tertiary/aromatic N) is 2. The second-order valence-corrected chi connectivity index (χ2v) is 3.39. The maximum Gasteiger partial charge on any atom is 0.0950 e. The van der Waals surface area contributed by atoms with Gasteiger partial charge in [-0.25, -0.2) is 4.98 Å². The molecule has 1 unspecified atom stereocenters. The van der Waals surface area contributed by atoms with E-state index in [4.69, 9.17) is 4.74 Å². The van der Waals surface area contributed by atoms with Crippen LogP contribution in [0.3, 0.4) is 0 Å². The molecule has 0 aliphatic carbocycles. The van der Waals surface area contributed by atoms with Crippen LogP contribution in [0, 0.1) is 0 Å². The Bertz CT molecular complexity index is 260. The fraction of sp³-hybridized carbons (Fsp3) is 0.700. The molecule has 0 fully saturated rings. The summed E-state index contributed by atoms with van der Waals surface area (Å²) in [7, 11) is 1.72. The number of aromatic nitrogens is 2. The van der Waals surface area contributed by atoms with Crippen molar-refractivity contribution in [2.45, 2.75) is 33.0 Å². The van der Waals surface area contributed by atoms with Gasteiger partial charge in [-0.3, -0.25) is 0 Å². The minimum Gasteiger partial charge on any atom is -0.380 e. The van der Waals surface area contributed by atoms with Gasteiger partial charge >= 0.3 is 0 Å². The van der Waals surface area contributed by atoms with Crippen LogP contribution in [0.15, 0.2) is 12.5 Å². The Labute approximate surface area is 85.3 Å². The molecule has 1 rings (SSSR count). The Morgan fingerprint density at radius 2 is 2.43 bits per heavy atom. The number of hydrogen-bond donors (Lipinski definition) is 1. The van der Waals surface area contributed by atoms with Gasteiger partial charge in [0.25, 0.3) is 0 Å². The molecular formula is C10H19N3O. The monoisotopic (exact) mass is 197 g/mol. The third-order valence-corrected chi connectivity index (χ3v) is 2.11. The van der Waals surface area contributed by atoms with Crippen molar-refractivity contribution < 1.29 is 4.74 Å². The molecule has 0 aromatic carbocycles. The summed E-state index contributed by atoms with van der Waals surface area (Å²) < 4.78 is 7.24. The van der Waals surface area contributed by atoms with Crippen molar-refractivity contribution >= 4 is 0 Å². The number of nitrogens with one attached hydrogen (secondary N) is 1. The second kappa shape index (κ2) is 5.78. The van der Waals surface area contributed by atoms with Gasteiger partial charge in [0.2, 0.25) is 0 Å². The molecule has 0 spiro atoms. The Morgan fingerprint density at radius 3 is 3.07 bits per heavy atom. The van der Waals surface area contributed by atoms with Crippen LogP contribution in [-0.4, -0.2) is 29.3 Å². The van der Waals surface area contributed by atoms with Crippen molar-refractivity contribution in [2.75, 3.05) is 13.7 Å². The van der Waals surface area contributed by atoms with E-state index in [0.29, 0.717) is 0 Å². The van der Waals surface area contributed by atoms with Gasteiger partial charge in [-0.05, 0) is 13.5 Å². The average molecular weight is 197 g/mol. The van der Waals surface area contributed by atoms with Crippen molar-refractivity contribution in [2.24, 2.45) is 0 Å². The van der Waals surface area contributed by atoms with Crippen LogP contribution in [-0.2, 0) is 17.8 Å². The molecule has 1 heterocycles. The molecule has 0 saturated heterocycles. The zero-order valence-electron chi connectivity index (χ0n) is 9.16. The molecule has 4 nitrogen and oxygen atoms in total. The number of rotatable bonds is 6. The van der Waals surface area contributed by atoms with Crippen LogP contribution >= 0.6 is 0 Å². The molecular weight excluding hydrogens is 178 g/mol. The van der Waals surface area contributed by atoms with Crippen molar-refractivity contribution in [1.29, 1.82) is 0 Å². The molecule has 4 heteroatoms. The lowest BCUT2D eigenvalue weighted by Crippen LogP contribution is -2.14. The van der Waals surface area contributed by atoms with E-state index in [9.17, 15) is 0 Å². The molecule has 80 valence electrons. The van der Waals surface area contributed by atoms with Gasteiger partial charge < -0.3 is 14.6 Å². The first kappa shape index (κ1) is 11.2. The highest BCUT2D eigenvalue weighted by Gasteiger charge is 2.02. The summed E-state index contributed by atoms with van der Waals surface area (Å²) in [6.07, 6.45) is 4.14. The third-order valence-electron chi connectivity index (χ3n) is 2.11. The molecule has 0 bridgehead atoms. The van der Waals surface area contributed by atoms with Gasteiger partial charge in [0.1, 0.15) is 0 Å². The van der Waals surface area contributed by atoms with E-state index in [2.05, 4.69) is 28.0 Å². The van der Waals surface area contributed by atoms with Crippen LogP contribution in [0.5, 0.6) is 0 Å². The summed E-state index contributed by atoms with van der Waals surface area (Å²) in [5.74, 6) is 0. The number of methoxy groups -OCH3 is 1. The first-order valence-corrected chi connectivity index (χ1v) is 5.00. The maximum absolute atomic E-state index is 5.18. The molecule has 0 aliphatic heterocycles. The minimum atomic E-state index is 0.233. The second-order valence-electron chi connectivity index (χ2n) is 3.39. The van der Waals surface area contributed by atoms with Crippen LogP contribution in [0.1, 0.15) is 19.5 Å². The highest BCUT2D eigenvalue weighted by molar-refractivity contribution is 4.96. The third kappa shape index (κ3) is 3.47. The van der Waals surface area contributed by atoms with Gasteiger partial charge in [0.05, 0.1) is 18.1 Å². The predicted octanol–water partition coefficient (Wildman–Crippen LogP) is 1.03. The van der Waals surface area contributed by atoms with Gasteiger partial charge in [-0.15, -0.1) is 0 Å². The Hall–Kier alpha value is -0.870. The molecule has 1 aromatic heterocycles. The predicted molar refractivity (Wildman–Crippen MR) is 56.1 cm³/mol. The van der Waals surface area contributed by atoms with E-state index in [1.54, 1.807) is 7.11 Å². The smallest absolute Gasteiger partial charge is 0.0950 e. The summed E-state index contributed by atoms with van der Waals surface area (Å²) in [5.41, 5.74) is 1.08. The molecule has 1 aromatic rings. The van der Waals surface area contributed by atoms with E-state index in [1.807, 2.05) is 13.3 Å². The largest absolute Gasteiger partial charge is 0.380 e. The molecule has 14 heavy (non-hydrogen) atoms. The van der Waals surface area contributed by atoms with E-state index in [-0.39, 0.29) is 6.10 Å². The molecule has 0 saturated carbocycles. The topological polar surface area (TPSA) is 39.1 Å². The lowest BCUT2D eigenvalue weighted by Gasteiger charge is -2.08. The zero-order chi connectivity index (χ0) is 10.4. The Morgan fingerprint density at radius 1 is 1.64 bits per heavy atom. The SMILES string of the molecule is CCNCc1cn(CC(C)OC)cn1. The summed E-state index contributed by atoms with van der Waals surface area (Å²) in [6, 6.07) is 0. The molecule has 0 aliphatic rings. The van der Waals surface area contributed by atoms with Crippen LogP contribution in [0.4, 0.5) is 0 Å². The average Bonchev–Trinajstić information content (AvgIpc) is 2.62. The maximum atomic E-state index is 5.18.